The number of nitrogens with zero attached hydrogens (tertiary/aromatic N) is 2. The Morgan fingerprint density at radius 1 is 1.29 bits per heavy atom. The maximum absolute atomic E-state index is 12.6. The van der Waals surface area contributed by atoms with Crippen LogP contribution in [0.3, 0.4) is 0 Å². The number of nitriles is 1. The van der Waals surface area contributed by atoms with Crippen LogP contribution in [0.25, 0.3) is 5.88 Å². The van der Waals surface area contributed by atoms with Crippen molar-refractivity contribution in [3.05, 3.63) is 71.2 Å². The lowest BCUT2D eigenvalue weighted by Gasteiger charge is -2.05. The number of hydrogen-bond donors (Lipinski definition) is 1. The van der Waals surface area contributed by atoms with E-state index in [1.54, 1.807) is 48.1 Å². The molecular formula is C19H13N3O2. The Kier molecular flexibility index (Phi) is 3.93. The summed E-state index contributed by atoms with van der Waals surface area (Å²) in [7, 11) is 0. The van der Waals surface area contributed by atoms with Crippen molar-refractivity contribution in [1.29, 1.82) is 5.26 Å². The molecular weight excluding hydrogens is 302 g/mol. The van der Waals surface area contributed by atoms with Crippen LogP contribution in [0, 0.1) is 30.6 Å². The minimum Gasteiger partial charge on any atom is -0.443 e. The molecule has 0 unspecified atom stereocenters. The van der Waals surface area contributed by atoms with E-state index in [0.717, 1.165) is 0 Å². The molecule has 0 saturated carbocycles. The van der Waals surface area contributed by atoms with Gasteiger partial charge in [0.1, 0.15) is 23.0 Å². The van der Waals surface area contributed by atoms with E-state index in [4.69, 9.17) is 10.8 Å². The standard InChI is InChI=1S/C19H13N3O2/c1-3-14-7-6-8-15(11-14)21-18(23)17-13(2)24-19(16(17)12-20)22-9-4-5-10-22/h1,4-11H,2H3,(H,21,23). The van der Waals surface area contributed by atoms with Crippen LogP contribution >= 0.6 is 0 Å². The summed E-state index contributed by atoms with van der Waals surface area (Å²) >= 11 is 0. The lowest BCUT2D eigenvalue weighted by Crippen LogP contribution is -2.14. The van der Waals surface area contributed by atoms with Crippen molar-refractivity contribution >= 4 is 11.6 Å². The second-order valence-corrected chi connectivity index (χ2v) is 5.09. The normalized spacial score (nSPS) is 9.96. The maximum Gasteiger partial charge on any atom is 0.260 e. The van der Waals surface area contributed by atoms with Gasteiger partial charge in [-0.25, -0.2) is 0 Å². The second kappa shape index (κ2) is 6.20. The first-order valence-electron chi connectivity index (χ1n) is 7.19. The fraction of sp³-hybridized carbons (Fsp3) is 0.0526. The van der Waals surface area contributed by atoms with Crippen LogP contribution in [0.1, 0.15) is 27.2 Å². The van der Waals surface area contributed by atoms with E-state index in [1.807, 2.05) is 12.1 Å². The van der Waals surface area contributed by atoms with Gasteiger partial charge in [0.15, 0.2) is 0 Å². The zero-order chi connectivity index (χ0) is 17.1. The zero-order valence-electron chi connectivity index (χ0n) is 12.9. The monoisotopic (exact) mass is 315 g/mol. The Hall–Kier alpha value is -3.70. The third-order valence-corrected chi connectivity index (χ3v) is 3.53. The molecule has 3 aromatic rings. The predicted molar refractivity (Wildman–Crippen MR) is 89.8 cm³/mol. The fourth-order valence-corrected chi connectivity index (χ4v) is 2.44. The average molecular weight is 315 g/mol. The SMILES string of the molecule is C#Cc1cccc(NC(=O)c2c(C)oc(-n3cccc3)c2C#N)c1. The summed E-state index contributed by atoms with van der Waals surface area (Å²) < 4.78 is 7.29. The highest BCUT2D eigenvalue weighted by Gasteiger charge is 2.24. The molecule has 0 radical (unpaired) electrons. The van der Waals surface area contributed by atoms with Gasteiger partial charge in [-0.1, -0.05) is 12.0 Å². The van der Waals surface area contributed by atoms with E-state index in [1.165, 1.54) is 0 Å². The summed E-state index contributed by atoms with van der Waals surface area (Å²) in [6.45, 7) is 1.65. The molecule has 3 rings (SSSR count). The Balaban J connectivity index is 1.99. The Morgan fingerprint density at radius 3 is 2.71 bits per heavy atom. The van der Waals surface area contributed by atoms with Crippen molar-refractivity contribution < 1.29 is 9.21 Å². The number of nitrogens with one attached hydrogen (secondary N) is 1. The van der Waals surface area contributed by atoms with Gasteiger partial charge in [-0.05, 0) is 37.3 Å². The molecule has 5 nitrogen and oxygen atoms in total. The zero-order valence-corrected chi connectivity index (χ0v) is 12.9. The molecule has 0 saturated heterocycles. The van der Waals surface area contributed by atoms with Gasteiger partial charge in [0.05, 0.1) is 0 Å². The number of carbonyl (C=O) groups is 1. The first-order chi connectivity index (χ1) is 11.6. The molecule has 0 fully saturated rings. The predicted octanol–water partition coefficient (Wildman–Crippen LogP) is 3.48. The Morgan fingerprint density at radius 2 is 2.04 bits per heavy atom. The highest BCUT2D eigenvalue weighted by atomic mass is 16.4. The number of rotatable bonds is 3. The summed E-state index contributed by atoms with van der Waals surface area (Å²) in [6, 6.07) is 12.6. The van der Waals surface area contributed by atoms with E-state index < -0.39 is 5.91 Å². The summed E-state index contributed by atoms with van der Waals surface area (Å²) in [5.41, 5.74) is 1.62. The number of furan rings is 1. The topological polar surface area (TPSA) is 71.0 Å². The number of aromatic nitrogens is 1. The minimum atomic E-state index is -0.416. The summed E-state index contributed by atoms with van der Waals surface area (Å²) in [5, 5.41) is 12.2. The molecule has 5 heteroatoms. The molecule has 1 aromatic carbocycles. The molecule has 0 aliphatic rings. The van der Waals surface area contributed by atoms with Gasteiger partial charge in [-0.3, -0.25) is 9.36 Å². The van der Waals surface area contributed by atoms with E-state index in [9.17, 15) is 10.1 Å². The molecule has 0 aliphatic heterocycles. The van der Waals surface area contributed by atoms with Crippen molar-refractivity contribution in [2.75, 3.05) is 5.32 Å². The smallest absolute Gasteiger partial charge is 0.260 e. The van der Waals surface area contributed by atoms with Crippen LogP contribution < -0.4 is 5.32 Å². The van der Waals surface area contributed by atoms with Crippen LogP contribution in [-0.2, 0) is 0 Å². The van der Waals surface area contributed by atoms with Gasteiger partial charge >= 0.3 is 0 Å². The second-order valence-electron chi connectivity index (χ2n) is 5.09. The Labute approximate surface area is 139 Å². The maximum atomic E-state index is 12.6. The molecule has 0 aliphatic carbocycles. The van der Waals surface area contributed by atoms with Crippen LogP contribution in [0.4, 0.5) is 5.69 Å². The first kappa shape index (κ1) is 15.2. The molecule has 0 atom stereocenters. The Bertz CT molecular complexity index is 983. The third-order valence-electron chi connectivity index (χ3n) is 3.53. The lowest BCUT2D eigenvalue weighted by molar-refractivity contribution is 0.102. The largest absolute Gasteiger partial charge is 0.443 e. The van der Waals surface area contributed by atoms with E-state index in [-0.39, 0.29) is 11.1 Å². The highest BCUT2D eigenvalue weighted by molar-refractivity contribution is 6.07. The number of aryl methyl sites for hydroxylation is 1. The van der Waals surface area contributed by atoms with Gasteiger partial charge < -0.3 is 9.73 Å². The van der Waals surface area contributed by atoms with Gasteiger partial charge in [-0.15, -0.1) is 6.42 Å². The molecule has 24 heavy (non-hydrogen) atoms. The van der Waals surface area contributed by atoms with Gasteiger partial charge in [-0.2, -0.15) is 5.26 Å². The van der Waals surface area contributed by atoms with Crippen molar-refractivity contribution in [2.24, 2.45) is 0 Å². The van der Waals surface area contributed by atoms with Gasteiger partial charge in [0, 0.05) is 23.6 Å². The number of carbonyl (C=O) groups excluding carboxylic acids is 1. The molecule has 2 aromatic heterocycles. The molecule has 0 bridgehead atoms. The number of hydrogen-bond acceptors (Lipinski definition) is 3. The average Bonchev–Trinajstić information content (AvgIpc) is 3.21. The minimum absolute atomic E-state index is 0.189. The third kappa shape index (κ3) is 2.67. The summed E-state index contributed by atoms with van der Waals surface area (Å²) in [4.78, 5) is 12.6. The molecule has 2 heterocycles. The van der Waals surface area contributed by atoms with Crippen LogP contribution in [0.5, 0.6) is 0 Å². The molecule has 1 amide bonds. The first-order valence-corrected chi connectivity index (χ1v) is 7.19. The lowest BCUT2D eigenvalue weighted by atomic mass is 10.1. The fourth-order valence-electron chi connectivity index (χ4n) is 2.44. The summed E-state index contributed by atoms with van der Waals surface area (Å²) in [5.74, 6) is 2.79. The van der Waals surface area contributed by atoms with Crippen LogP contribution in [-0.4, -0.2) is 10.5 Å². The number of amides is 1. The van der Waals surface area contributed by atoms with Crippen molar-refractivity contribution in [3.8, 4) is 24.3 Å². The highest BCUT2D eigenvalue weighted by Crippen LogP contribution is 2.26. The van der Waals surface area contributed by atoms with E-state index >= 15 is 0 Å². The van der Waals surface area contributed by atoms with Gasteiger partial charge in [0.25, 0.3) is 5.91 Å². The van der Waals surface area contributed by atoms with Gasteiger partial charge in [0.2, 0.25) is 5.88 Å². The van der Waals surface area contributed by atoms with E-state index in [0.29, 0.717) is 22.9 Å². The number of anilines is 1. The quantitative estimate of drug-likeness (QED) is 0.752. The van der Waals surface area contributed by atoms with Crippen LogP contribution in [0.15, 0.2) is 53.2 Å². The number of terminal acetylenes is 1. The molecule has 116 valence electrons. The van der Waals surface area contributed by atoms with Crippen LogP contribution in [0.2, 0.25) is 0 Å². The molecule has 1 N–H and O–H groups in total. The van der Waals surface area contributed by atoms with Crippen molar-refractivity contribution in [2.45, 2.75) is 6.92 Å². The molecule has 0 spiro atoms. The number of benzene rings is 1. The van der Waals surface area contributed by atoms with Crippen molar-refractivity contribution in [3.63, 3.8) is 0 Å². The van der Waals surface area contributed by atoms with Crippen molar-refractivity contribution in [1.82, 2.24) is 4.57 Å². The van der Waals surface area contributed by atoms with E-state index in [2.05, 4.69) is 17.3 Å². The summed E-state index contributed by atoms with van der Waals surface area (Å²) in [6.07, 6.45) is 8.86.